The van der Waals surface area contributed by atoms with E-state index in [9.17, 15) is 9.59 Å². The smallest absolute Gasteiger partial charge is 0.332 e. The summed E-state index contributed by atoms with van der Waals surface area (Å²) in [6.45, 7) is 0.197. The predicted molar refractivity (Wildman–Crippen MR) is 112 cm³/mol. The van der Waals surface area contributed by atoms with Gasteiger partial charge in [0.15, 0.2) is 12.9 Å². The number of hydrogen-bond donors (Lipinski definition) is 0. The number of hydrogen-bond acceptors (Lipinski definition) is 7. The fourth-order valence-corrected chi connectivity index (χ4v) is 5.27. The first kappa shape index (κ1) is 20.0. The van der Waals surface area contributed by atoms with Crippen LogP contribution in [0.4, 0.5) is 0 Å². The molecular weight excluding hydrogens is 398 g/mol. The number of esters is 2. The first-order valence-electron chi connectivity index (χ1n) is 10.5. The molecule has 0 radical (unpaired) electrons. The van der Waals surface area contributed by atoms with Gasteiger partial charge in [-0.1, -0.05) is 24.3 Å². The van der Waals surface area contributed by atoms with Crippen LogP contribution in [0.5, 0.6) is 5.75 Å². The van der Waals surface area contributed by atoms with E-state index in [2.05, 4.69) is 17.0 Å². The molecular formula is C24H25NO6. The van der Waals surface area contributed by atoms with Crippen LogP contribution < -0.4 is 4.74 Å². The Bertz CT molecular complexity index is 1070. The molecule has 0 N–H and O–H groups in total. The number of fused-ring (bicyclic) bond motifs is 2. The van der Waals surface area contributed by atoms with Crippen molar-refractivity contribution in [2.75, 3.05) is 21.0 Å². The maximum absolute atomic E-state index is 12.4. The molecule has 3 aliphatic heterocycles. The summed E-state index contributed by atoms with van der Waals surface area (Å²) >= 11 is 0. The molecule has 2 aromatic rings. The zero-order valence-corrected chi connectivity index (χ0v) is 17.6. The summed E-state index contributed by atoms with van der Waals surface area (Å²) in [5.41, 5.74) is 0.138. The molecule has 2 bridgehead atoms. The fourth-order valence-electron chi connectivity index (χ4n) is 5.27. The number of nitrogens with zero attached hydrogens (tertiary/aromatic N) is 1. The van der Waals surface area contributed by atoms with Crippen LogP contribution in [0.2, 0.25) is 0 Å². The normalized spacial score (nSPS) is 31.4. The Kier molecular flexibility index (Phi) is 4.95. The maximum atomic E-state index is 12.4. The maximum Gasteiger partial charge on any atom is 0.332 e. The summed E-state index contributed by atoms with van der Waals surface area (Å²) in [6.07, 6.45) is 4.10. The molecule has 2 fully saturated rings. The Labute approximate surface area is 180 Å². The molecule has 3 heterocycles. The molecule has 31 heavy (non-hydrogen) atoms. The summed E-state index contributed by atoms with van der Waals surface area (Å²) < 4.78 is 22.3. The molecule has 0 saturated carbocycles. The highest BCUT2D eigenvalue weighted by Gasteiger charge is 2.61. The highest BCUT2D eigenvalue weighted by Crippen LogP contribution is 2.51. The molecule has 7 heteroatoms. The van der Waals surface area contributed by atoms with E-state index in [0.29, 0.717) is 6.42 Å². The number of carbonyl (C=O) groups excluding carboxylic acids is 2. The Morgan fingerprint density at radius 1 is 1.10 bits per heavy atom. The lowest BCUT2D eigenvalue weighted by Gasteiger charge is -2.49. The number of rotatable bonds is 4. The summed E-state index contributed by atoms with van der Waals surface area (Å²) in [5, 5.41) is 2.11. The van der Waals surface area contributed by atoms with Crippen LogP contribution in [-0.2, 0) is 23.8 Å². The largest absolute Gasteiger partial charge is 0.468 e. The van der Waals surface area contributed by atoms with E-state index >= 15 is 0 Å². The Balaban J connectivity index is 1.53. The molecule has 2 saturated heterocycles. The van der Waals surface area contributed by atoms with E-state index in [1.807, 2.05) is 31.3 Å². The zero-order chi connectivity index (χ0) is 21.6. The monoisotopic (exact) mass is 423 g/mol. The van der Waals surface area contributed by atoms with E-state index in [1.165, 1.54) is 0 Å². The van der Waals surface area contributed by atoms with E-state index in [0.717, 1.165) is 47.1 Å². The van der Waals surface area contributed by atoms with Gasteiger partial charge in [0.1, 0.15) is 5.75 Å². The molecule has 4 atom stereocenters. The number of carbonyl (C=O) groups is 2. The summed E-state index contributed by atoms with van der Waals surface area (Å²) in [6, 6.07) is 12.4. The van der Waals surface area contributed by atoms with Gasteiger partial charge in [-0.2, -0.15) is 0 Å². The Morgan fingerprint density at radius 3 is 2.71 bits per heavy atom. The van der Waals surface area contributed by atoms with Crippen molar-refractivity contribution in [1.82, 2.24) is 4.90 Å². The van der Waals surface area contributed by atoms with Crippen LogP contribution in [0.3, 0.4) is 0 Å². The second kappa shape index (κ2) is 7.66. The molecule has 0 amide bonds. The summed E-state index contributed by atoms with van der Waals surface area (Å²) in [5.74, 6) is -0.339. The molecule has 4 unspecified atom stereocenters. The van der Waals surface area contributed by atoms with Crippen molar-refractivity contribution < 1.29 is 28.5 Å². The van der Waals surface area contributed by atoms with Crippen molar-refractivity contribution >= 4 is 22.7 Å². The van der Waals surface area contributed by atoms with Crippen molar-refractivity contribution in [2.45, 2.75) is 43.1 Å². The standard InChI is InChI=1S/C24H25NO6/c1-25-18-9-10-24(25)23(30-21(26)7-8-22(27)31-24)20(13-18)17-4-3-16-12-19(29-14-28-2)6-5-15(16)11-17/h3-8,11-12,18,20,23H,9-10,13-14H2,1-2H3/b8-7+. The van der Waals surface area contributed by atoms with Gasteiger partial charge in [0.05, 0.1) is 0 Å². The van der Waals surface area contributed by atoms with Crippen molar-refractivity contribution in [2.24, 2.45) is 0 Å². The van der Waals surface area contributed by atoms with E-state index < -0.39 is 23.8 Å². The van der Waals surface area contributed by atoms with E-state index in [4.69, 9.17) is 18.9 Å². The third-order valence-electron chi connectivity index (χ3n) is 6.80. The molecule has 1 spiro atoms. The lowest BCUT2D eigenvalue weighted by atomic mass is 9.80. The van der Waals surface area contributed by atoms with Crippen LogP contribution in [-0.4, -0.2) is 55.7 Å². The average Bonchev–Trinajstić information content (AvgIpc) is 2.98. The van der Waals surface area contributed by atoms with Gasteiger partial charge in [0, 0.05) is 37.6 Å². The number of likely N-dealkylation sites (N-methyl/N-ethyl adjacent to an activating group) is 1. The van der Waals surface area contributed by atoms with Crippen LogP contribution >= 0.6 is 0 Å². The van der Waals surface area contributed by atoms with Crippen LogP contribution in [0.15, 0.2) is 48.6 Å². The predicted octanol–water partition coefficient (Wildman–Crippen LogP) is 3.13. The average molecular weight is 423 g/mol. The molecule has 3 aliphatic rings. The highest BCUT2D eigenvalue weighted by atomic mass is 16.7. The first-order chi connectivity index (χ1) is 15.0. The van der Waals surface area contributed by atoms with Gasteiger partial charge in [-0.3, -0.25) is 4.90 Å². The summed E-state index contributed by atoms with van der Waals surface area (Å²) in [7, 11) is 3.54. The van der Waals surface area contributed by atoms with E-state index in [1.54, 1.807) is 7.11 Å². The van der Waals surface area contributed by atoms with Gasteiger partial charge in [-0.15, -0.1) is 0 Å². The fraction of sp³-hybridized carbons (Fsp3) is 0.417. The van der Waals surface area contributed by atoms with Crippen molar-refractivity contribution in [1.29, 1.82) is 0 Å². The molecule has 162 valence electrons. The zero-order valence-electron chi connectivity index (χ0n) is 17.6. The Morgan fingerprint density at radius 2 is 1.87 bits per heavy atom. The number of methoxy groups -OCH3 is 1. The van der Waals surface area contributed by atoms with Crippen LogP contribution in [0.25, 0.3) is 10.8 Å². The van der Waals surface area contributed by atoms with Gasteiger partial charge in [0.2, 0.25) is 5.72 Å². The third-order valence-corrected chi connectivity index (χ3v) is 6.80. The topological polar surface area (TPSA) is 74.3 Å². The van der Waals surface area contributed by atoms with Gasteiger partial charge in [-0.25, -0.2) is 9.59 Å². The van der Waals surface area contributed by atoms with Crippen molar-refractivity contribution in [3.63, 3.8) is 0 Å². The van der Waals surface area contributed by atoms with Gasteiger partial charge >= 0.3 is 11.9 Å². The minimum absolute atomic E-state index is 0.0687. The summed E-state index contributed by atoms with van der Waals surface area (Å²) in [4.78, 5) is 26.8. The first-order valence-corrected chi connectivity index (χ1v) is 10.5. The van der Waals surface area contributed by atoms with Crippen molar-refractivity contribution in [3.8, 4) is 5.75 Å². The van der Waals surface area contributed by atoms with E-state index in [-0.39, 0.29) is 18.8 Å². The number of benzene rings is 2. The quantitative estimate of drug-likeness (QED) is 0.553. The number of ether oxygens (including phenoxy) is 4. The molecule has 2 aromatic carbocycles. The molecule has 0 aliphatic carbocycles. The molecule has 5 rings (SSSR count). The second-order valence-electron chi connectivity index (χ2n) is 8.42. The van der Waals surface area contributed by atoms with Gasteiger partial charge in [0.25, 0.3) is 0 Å². The second-order valence-corrected chi connectivity index (χ2v) is 8.42. The third kappa shape index (κ3) is 3.38. The van der Waals surface area contributed by atoms with Crippen LogP contribution in [0, 0.1) is 0 Å². The molecule has 7 nitrogen and oxygen atoms in total. The number of piperidine rings is 1. The lowest BCUT2D eigenvalue weighted by Crippen LogP contribution is -2.63. The Hall–Kier alpha value is -2.90. The van der Waals surface area contributed by atoms with Gasteiger partial charge < -0.3 is 18.9 Å². The minimum Gasteiger partial charge on any atom is -0.468 e. The van der Waals surface area contributed by atoms with Crippen LogP contribution in [0.1, 0.15) is 30.7 Å². The highest BCUT2D eigenvalue weighted by molar-refractivity contribution is 5.92. The lowest BCUT2D eigenvalue weighted by molar-refractivity contribution is -0.226. The van der Waals surface area contributed by atoms with Crippen molar-refractivity contribution in [3.05, 3.63) is 54.1 Å². The molecule has 0 aromatic heterocycles. The van der Waals surface area contributed by atoms with Gasteiger partial charge in [-0.05, 0) is 48.4 Å². The SMILES string of the molecule is COCOc1ccc2cc(C3CC4CCC5(OC(=O)/C=C/C(=O)OC35)N4C)ccc2c1. The minimum atomic E-state index is -0.933.